The maximum absolute atomic E-state index is 15.3. The lowest BCUT2D eigenvalue weighted by molar-refractivity contribution is -0.374. The molecule has 10 aliphatic rings. The van der Waals surface area contributed by atoms with Crippen molar-refractivity contribution in [3.05, 3.63) is 11.6 Å². The number of hydrogen-bond donors (Lipinski definition) is 15. The molecule has 33 unspecified atom stereocenters. The Kier molecular flexibility index (Phi) is 18.5. The van der Waals surface area contributed by atoms with E-state index >= 15 is 4.79 Å². The van der Waals surface area contributed by atoms with Crippen LogP contribution in [0.5, 0.6) is 0 Å². The molecule has 9 fully saturated rings. The van der Waals surface area contributed by atoms with Crippen LogP contribution in [0.15, 0.2) is 11.6 Å². The number of rotatable bonds is 12. The Morgan fingerprint density at radius 3 is 1.74 bits per heavy atom. The molecule has 26 heteroatoms. The Labute approximate surface area is 488 Å². The maximum Gasteiger partial charge on any atom is 0.317 e. The van der Waals surface area contributed by atoms with Gasteiger partial charge in [-0.15, -0.1) is 0 Å². The Morgan fingerprint density at radius 2 is 1.12 bits per heavy atom. The van der Waals surface area contributed by atoms with Crippen molar-refractivity contribution in [1.29, 1.82) is 0 Å². The van der Waals surface area contributed by atoms with Gasteiger partial charge in [0.2, 0.25) is 6.29 Å². The summed E-state index contributed by atoms with van der Waals surface area (Å²) in [6.07, 6.45) is -31.0. The van der Waals surface area contributed by atoms with Gasteiger partial charge < -0.3 is 124 Å². The van der Waals surface area contributed by atoms with Crippen LogP contribution in [-0.2, 0) is 52.2 Å². The summed E-state index contributed by atoms with van der Waals surface area (Å²) < 4.78 is 58.8. The molecule has 0 spiro atoms. The first-order valence-corrected chi connectivity index (χ1v) is 30.1. The van der Waals surface area contributed by atoms with Gasteiger partial charge >= 0.3 is 5.97 Å². The molecule has 0 amide bonds. The predicted molar refractivity (Wildman–Crippen MR) is 283 cm³/mol. The van der Waals surface area contributed by atoms with Crippen LogP contribution in [0.3, 0.4) is 0 Å². The smallest absolute Gasteiger partial charge is 0.317 e. The van der Waals surface area contributed by atoms with E-state index in [9.17, 15) is 76.6 Å². The second-order valence-electron chi connectivity index (χ2n) is 28.1. The first kappa shape index (κ1) is 65.2. The summed E-state index contributed by atoms with van der Waals surface area (Å²) in [5.41, 5.74) is -2.95. The molecule has 5 heterocycles. The van der Waals surface area contributed by atoms with Crippen molar-refractivity contribution >= 4 is 5.97 Å². The van der Waals surface area contributed by atoms with Gasteiger partial charge in [0.25, 0.3) is 0 Å². The standard InChI is InChI=1S/C58H94O26/c1-23-34(64)36(66)39(69)49(77-23)82-45-27(61)20-75-47(42(45)72)81-44-24(2)78-50(41(71)38(44)68)83-46-28(62)21-76-48(43(46)73)84-52(74)58-16-15-53(3,4)17-26(58)25-9-10-31-54(5)13-12-33(80-51-40(70)37(67)35(65)29(19-59)79-51)55(6,22-60)30(54)11-14-56(31,7)57(25,8)18-32(58)63/h9,23-24,26-51,59-73H,10-22H2,1-8H3. The van der Waals surface area contributed by atoms with Crippen LogP contribution < -0.4 is 0 Å². The molecule has 10 rings (SSSR count). The van der Waals surface area contributed by atoms with E-state index in [-0.39, 0.29) is 42.1 Å². The van der Waals surface area contributed by atoms with E-state index in [0.717, 1.165) is 5.57 Å². The fraction of sp³-hybridized carbons (Fsp3) is 0.948. The van der Waals surface area contributed by atoms with Crippen molar-refractivity contribution in [1.82, 2.24) is 0 Å². The number of aliphatic hydroxyl groups excluding tert-OH is 15. The summed E-state index contributed by atoms with van der Waals surface area (Å²) in [5, 5.41) is 165. The van der Waals surface area contributed by atoms with Crippen molar-refractivity contribution in [2.45, 2.75) is 267 Å². The average molecular weight is 1210 g/mol. The Hall–Kier alpha value is -1.75. The van der Waals surface area contributed by atoms with Gasteiger partial charge in [0.15, 0.2) is 25.2 Å². The lowest BCUT2D eigenvalue weighted by Crippen LogP contribution is -2.69. The molecule has 0 aromatic rings. The van der Waals surface area contributed by atoms with Crippen LogP contribution in [0.1, 0.15) is 113 Å². The van der Waals surface area contributed by atoms with Crippen LogP contribution >= 0.6 is 0 Å². The van der Waals surface area contributed by atoms with E-state index in [4.69, 9.17) is 47.4 Å². The molecule has 5 aliphatic carbocycles. The third kappa shape index (κ3) is 10.6. The average Bonchev–Trinajstić information content (AvgIpc) is 1.25. The van der Waals surface area contributed by atoms with E-state index in [1.807, 2.05) is 6.92 Å². The normalized spacial score (nSPS) is 55.8. The summed E-state index contributed by atoms with van der Waals surface area (Å²) >= 11 is 0. The second-order valence-corrected chi connectivity index (χ2v) is 28.1. The largest absolute Gasteiger partial charge is 0.432 e. The number of hydrogen-bond acceptors (Lipinski definition) is 26. The van der Waals surface area contributed by atoms with Crippen LogP contribution in [-0.4, -0.2) is 263 Å². The molecule has 5 saturated heterocycles. The highest BCUT2D eigenvalue weighted by molar-refractivity contribution is 5.80. The van der Waals surface area contributed by atoms with Gasteiger partial charge in [-0.25, -0.2) is 0 Å². The third-order valence-corrected chi connectivity index (χ3v) is 22.8. The van der Waals surface area contributed by atoms with Crippen LogP contribution in [0.2, 0.25) is 0 Å². The van der Waals surface area contributed by atoms with E-state index in [2.05, 4.69) is 40.7 Å². The van der Waals surface area contributed by atoms with Crippen molar-refractivity contribution in [3.63, 3.8) is 0 Å². The summed E-state index contributed by atoms with van der Waals surface area (Å²) in [5.74, 6) is -1.35. The first-order valence-electron chi connectivity index (χ1n) is 30.1. The molecule has 15 N–H and O–H groups in total. The Balaban J connectivity index is 0.821. The van der Waals surface area contributed by atoms with Gasteiger partial charge in [-0.1, -0.05) is 53.2 Å². The monoisotopic (exact) mass is 1210 g/mol. The summed E-state index contributed by atoms with van der Waals surface area (Å²) in [7, 11) is 0. The minimum atomic E-state index is -1.93. The predicted octanol–water partition coefficient (Wildman–Crippen LogP) is -2.93. The fourth-order valence-electron chi connectivity index (χ4n) is 17.5. The minimum Gasteiger partial charge on any atom is -0.432 e. The molecular formula is C58H94O26. The van der Waals surface area contributed by atoms with Gasteiger partial charge in [0.05, 0.1) is 50.8 Å². The zero-order chi connectivity index (χ0) is 61.3. The van der Waals surface area contributed by atoms with Crippen LogP contribution in [0.4, 0.5) is 0 Å². The highest BCUT2D eigenvalue weighted by Gasteiger charge is 2.72. The van der Waals surface area contributed by atoms with Gasteiger partial charge in [-0.2, -0.15) is 0 Å². The molecule has 0 bridgehead atoms. The zero-order valence-electron chi connectivity index (χ0n) is 49.1. The maximum atomic E-state index is 15.3. The van der Waals surface area contributed by atoms with E-state index in [1.54, 1.807) is 0 Å². The highest BCUT2D eigenvalue weighted by Crippen LogP contribution is 2.76. The molecule has 84 heavy (non-hydrogen) atoms. The number of esters is 1. The van der Waals surface area contributed by atoms with Gasteiger partial charge in [0, 0.05) is 5.41 Å². The van der Waals surface area contributed by atoms with Crippen molar-refractivity contribution < 1.29 is 129 Å². The van der Waals surface area contributed by atoms with Gasteiger partial charge in [0.1, 0.15) is 103 Å². The quantitative estimate of drug-likeness (QED) is 0.0528. The molecule has 33 atom stereocenters. The van der Waals surface area contributed by atoms with Gasteiger partial charge in [-0.3, -0.25) is 4.79 Å². The number of carbonyl (C=O) groups excluding carboxylic acids is 1. The summed E-state index contributed by atoms with van der Waals surface area (Å²) in [4.78, 5) is 15.3. The van der Waals surface area contributed by atoms with Crippen molar-refractivity contribution in [3.8, 4) is 0 Å². The van der Waals surface area contributed by atoms with E-state index in [0.29, 0.717) is 44.9 Å². The van der Waals surface area contributed by atoms with Crippen molar-refractivity contribution in [2.75, 3.05) is 26.4 Å². The summed E-state index contributed by atoms with van der Waals surface area (Å²) in [6, 6.07) is 0. The number of aliphatic hydroxyl groups is 15. The lowest BCUT2D eigenvalue weighted by Gasteiger charge is -2.72. The Bertz CT molecular complexity index is 2350. The number of fused-ring (bicyclic) bond motifs is 7. The molecule has 5 aliphatic heterocycles. The van der Waals surface area contributed by atoms with Crippen molar-refractivity contribution in [2.24, 2.45) is 50.2 Å². The molecule has 4 saturated carbocycles. The molecular weight excluding hydrogens is 1110 g/mol. The van der Waals surface area contributed by atoms with Crippen LogP contribution in [0, 0.1) is 50.2 Å². The van der Waals surface area contributed by atoms with Gasteiger partial charge in [-0.05, 0) is 111 Å². The molecule has 0 radical (unpaired) electrons. The SMILES string of the molecule is CC1OC(OC2C(O)COC(OC3C(C)OC(OC4C(O)COC(OC(=O)C56CCC(C)(C)CC5C5=CCC7C8(C)CCC(OC9OC(CO)C(O)C(O)C9O)C(C)(CO)C8CCC7(C)C5(C)CC6O)C4O)C(O)C3O)C2O)C(O)C(O)C1O. The summed E-state index contributed by atoms with van der Waals surface area (Å²) in [6.45, 7) is 14.0. The fourth-order valence-corrected chi connectivity index (χ4v) is 17.5. The number of carbonyl (C=O) groups is 1. The third-order valence-electron chi connectivity index (χ3n) is 22.8. The molecule has 0 aromatic heterocycles. The van der Waals surface area contributed by atoms with E-state index < -0.39 is 207 Å². The number of allylic oxidation sites excluding steroid dienone is 2. The topological polar surface area (TPSA) is 413 Å². The Morgan fingerprint density at radius 1 is 0.560 bits per heavy atom. The minimum absolute atomic E-state index is 0.0438. The number of ether oxygens (including phenoxy) is 10. The second kappa shape index (κ2) is 23.8. The first-order chi connectivity index (χ1) is 39.3. The van der Waals surface area contributed by atoms with Crippen LogP contribution in [0.25, 0.3) is 0 Å². The highest BCUT2D eigenvalue weighted by atomic mass is 16.8. The zero-order valence-corrected chi connectivity index (χ0v) is 49.1. The molecule has 0 aromatic carbocycles. The molecule has 26 nitrogen and oxygen atoms in total. The lowest BCUT2D eigenvalue weighted by atomic mass is 9.33. The molecule has 482 valence electrons. The van der Waals surface area contributed by atoms with E-state index in [1.165, 1.54) is 13.8 Å².